The van der Waals surface area contributed by atoms with E-state index in [9.17, 15) is 14.9 Å². The van der Waals surface area contributed by atoms with Crippen molar-refractivity contribution in [3.8, 4) is 11.3 Å². The van der Waals surface area contributed by atoms with E-state index < -0.39 is 10.5 Å². The fourth-order valence-electron chi connectivity index (χ4n) is 1.19. The number of non-ortho nitro benzene ring substituents is 1. The molecular formula is C9H6N2O4. The Balaban J connectivity index is 2.39. The lowest BCUT2D eigenvalue weighted by atomic mass is 10.1. The Kier molecular flexibility index (Phi) is 2.09. The van der Waals surface area contributed by atoms with Gasteiger partial charge in [0, 0.05) is 17.7 Å². The van der Waals surface area contributed by atoms with Gasteiger partial charge in [-0.2, -0.15) is 0 Å². The summed E-state index contributed by atoms with van der Waals surface area (Å²) in [6.07, 6.45) is 0. The molecule has 6 heteroatoms. The van der Waals surface area contributed by atoms with Crippen molar-refractivity contribution in [2.24, 2.45) is 0 Å². The first-order valence-electron chi connectivity index (χ1n) is 4.10. The maximum Gasteiger partial charge on any atom is 0.357 e. The van der Waals surface area contributed by atoms with Crippen molar-refractivity contribution in [3.63, 3.8) is 0 Å². The van der Waals surface area contributed by atoms with Gasteiger partial charge in [0.05, 0.1) is 16.7 Å². The molecule has 15 heavy (non-hydrogen) atoms. The summed E-state index contributed by atoms with van der Waals surface area (Å²) >= 11 is 0. The molecule has 1 heterocycles. The molecule has 0 fully saturated rings. The predicted octanol–water partition coefficient (Wildman–Crippen LogP) is 1.54. The lowest BCUT2D eigenvalue weighted by Gasteiger charge is -1.95. The summed E-state index contributed by atoms with van der Waals surface area (Å²) in [5.74, 6) is 0. The fourth-order valence-corrected chi connectivity index (χ4v) is 1.19. The number of benzene rings is 1. The highest BCUT2D eigenvalue weighted by Crippen LogP contribution is 2.19. The molecule has 2 aromatic rings. The van der Waals surface area contributed by atoms with Gasteiger partial charge in [0.2, 0.25) is 0 Å². The van der Waals surface area contributed by atoms with Gasteiger partial charge in [0.25, 0.3) is 5.69 Å². The Bertz CT molecular complexity index is 538. The SMILES string of the molecule is O=c1cc(-c2ccc([N+](=O)[O-])cc2)[nH]o1. The molecule has 0 aliphatic carbocycles. The molecule has 1 N–H and O–H groups in total. The van der Waals surface area contributed by atoms with Crippen molar-refractivity contribution < 1.29 is 9.45 Å². The van der Waals surface area contributed by atoms with Crippen LogP contribution in [0.3, 0.4) is 0 Å². The lowest BCUT2D eigenvalue weighted by Crippen LogP contribution is -1.87. The third kappa shape index (κ3) is 1.78. The molecule has 0 aliphatic heterocycles. The smallest absolute Gasteiger partial charge is 0.339 e. The van der Waals surface area contributed by atoms with E-state index in [1.54, 1.807) is 12.1 Å². The molecule has 76 valence electrons. The minimum absolute atomic E-state index is 0.00425. The van der Waals surface area contributed by atoms with E-state index in [0.717, 1.165) is 0 Å². The van der Waals surface area contributed by atoms with Crippen LogP contribution in [-0.4, -0.2) is 10.1 Å². The Morgan fingerprint density at radius 3 is 2.40 bits per heavy atom. The van der Waals surface area contributed by atoms with E-state index in [4.69, 9.17) is 0 Å². The van der Waals surface area contributed by atoms with Gasteiger partial charge in [0.15, 0.2) is 0 Å². The van der Waals surface area contributed by atoms with E-state index in [1.807, 2.05) is 0 Å². The number of aromatic nitrogens is 1. The molecule has 0 saturated carbocycles. The Hall–Kier alpha value is -2.37. The number of nitro groups is 1. The number of nitrogens with one attached hydrogen (secondary N) is 1. The van der Waals surface area contributed by atoms with Crippen LogP contribution in [0.4, 0.5) is 5.69 Å². The zero-order valence-corrected chi connectivity index (χ0v) is 7.47. The van der Waals surface area contributed by atoms with Gasteiger partial charge in [-0.1, -0.05) is 0 Å². The molecule has 0 saturated heterocycles. The molecule has 0 radical (unpaired) electrons. The van der Waals surface area contributed by atoms with Gasteiger partial charge >= 0.3 is 5.63 Å². The Morgan fingerprint density at radius 1 is 1.27 bits per heavy atom. The van der Waals surface area contributed by atoms with Crippen LogP contribution >= 0.6 is 0 Å². The maximum atomic E-state index is 10.7. The van der Waals surface area contributed by atoms with Crippen LogP contribution in [0, 0.1) is 10.1 Å². The van der Waals surface area contributed by atoms with Crippen molar-refractivity contribution in [3.05, 3.63) is 50.9 Å². The molecular weight excluding hydrogens is 200 g/mol. The van der Waals surface area contributed by atoms with E-state index >= 15 is 0 Å². The van der Waals surface area contributed by atoms with Gasteiger partial charge in [-0.15, -0.1) is 0 Å². The average Bonchev–Trinajstić information content (AvgIpc) is 2.65. The number of hydrogen-bond donors (Lipinski definition) is 1. The summed E-state index contributed by atoms with van der Waals surface area (Å²) in [5.41, 5.74) is 0.675. The lowest BCUT2D eigenvalue weighted by molar-refractivity contribution is -0.384. The molecule has 0 unspecified atom stereocenters. The summed E-state index contributed by atoms with van der Waals surface area (Å²) < 4.78 is 4.48. The highest BCUT2D eigenvalue weighted by molar-refractivity contribution is 5.59. The van der Waals surface area contributed by atoms with Crippen LogP contribution in [0.15, 0.2) is 39.6 Å². The quantitative estimate of drug-likeness (QED) is 0.596. The number of aromatic amines is 1. The topological polar surface area (TPSA) is 89.1 Å². The third-order valence-electron chi connectivity index (χ3n) is 1.91. The average molecular weight is 206 g/mol. The number of nitro benzene ring substituents is 1. The summed E-state index contributed by atoms with van der Waals surface area (Å²) in [6.45, 7) is 0. The van der Waals surface area contributed by atoms with E-state index in [1.165, 1.54) is 18.2 Å². The standard InChI is InChI=1S/C9H6N2O4/c12-9-5-8(10-15-9)6-1-3-7(4-2-6)11(13)14/h1-5,10H. The van der Waals surface area contributed by atoms with Crippen LogP contribution < -0.4 is 5.63 Å². The van der Waals surface area contributed by atoms with Crippen LogP contribution in [0.1, 0.15) is 0 Å². The molecule has 0 amide bonds. The van der Waals surface area contributed by atoms with E-state index in [-0.39, 0.29) is 5.69 Å². The Labute approximate surface area is 83.3 Å². The molecule has 1 aromatic heterocycles. The van der Waals surface area contributed by atoms with Crippen molar-refractivity contribution in [2.75, 3.05) is 0 Å². The molecule has 0 spiro atoms. The van der Waals surface area contributed by atoms with Crippen LogP contribution in [0.5, 0.6) is 0 Å². The minimum atomic E-state index is -0.484. The normalized spacial score (nSPS) is 10.1. The molecule has 0 aliphatic rings. The Morgan fingerprint density at radius 2 is 1.93 bits per heavy atom. The third-order valence-corrected chi connectivity index (χ3v) is 1.91. The largest absolute Gasteiger partial charge is 0.357 e. The number of nitrogens with zero attached hydrogens (tertiary/aromatic N) is 1. The van der Waals surface area contributed by atoms with Gasteiger partial charge in [-0.3, -0.25) is 10.1 Å². The van der Waals surface area contributed by atoms with E-state index in [0.29, 0.717) is 11.3 Å². The molecule has 2 rings (SSSR count). The summed E-state index contributed by atoms with van der Waals surface area (Å²) in [6, 6.07) is 7.08. The van der Waals surface area contributed by atoms with Crippen molar-refractivity contribution in [1.82, 2.24) is 5.16 Å². The zero-order valence-electron chi connectivity index (χ0n) is 7.47. The second-order valence-corrected chi connectivity index (χ2v) is 2.89. The van der Waals surface area contributed by atoms with Crippen LogP contribution in [0.25, 0.3) is 11.3 Å². The minimum Gasteiger partial charge on any atom is -0.339 e. The van der Waals surface area contributed by atoms with Gasteiger partial charge in [-0.05, 0) is 12.1 Å². The molecule has 6 nitrogen and oxygen atoms in total. The van der Waals surface area contributed by atoms with Crippen molar-refractivity contribution >= 4 is 5.69 Å². The highest BCUT2D eigenvalue weighted by atomic mass is 16.6. The van der Waals surface area contributed by atoms with Crippen molar-refractivity contribution in [1.29, 1.82) is 0 Å². The fraction of sp³-hybridized carbons (Fsp3) is 0. The first-order chi connectivity index (χ1) is 7.16. The van der Waals surface area contributed by atoms with E-state index in [2.05, 4.69) is 9.68 Å². The number of H-pyrrole nitrogens is 1. The second-order valence-electron chi connectivity index (χ2n) is 2.89. The number of hydrogen-bond acceptors (Lipinski definition) is 4. The van der Waals surface area contributed by atoms with Gasteiger partial charge in [0.1, 0.15) is 0 Å². The molecule has 0 bridgehead atoms. The highest BCUT2D eigenvalue weighted by Gasteiger charge is 2.06. The predicted molar refractivity (Wildman–Crippen MR) is 51.4 cm³/mol. The second kappa shape index (κ2) is 3.41. The van der Waals surface area contributed by atoms with Crippen molar-refractivity contribution in [2.45, 2.75) is 0 Å². The summed E-state index contributed by atoms with van der Waals surface area (Å²) in [4.78, 5) is 20.6. The monoisotopic (exact) mass is 206 g/mol. The van der Waals surface area contributed by atoms with Crippen LogP contribution in [-0.2, 0) is 0 Å². The van der Waals surface area contributed by atoms with Gasteiger partial charge < -0.3 is 4.52 Å². The number of rotatable bonds is 2. The first-order valence-corrected chi connectivity index (χ1v) is 4.10. The zero-order chi connectivity index (χ0) is 10.8. The summed E-state index contributed by atoms with van der Waals surface area (Å²) in [5, 5.41) is 12.8. The maximum absolute atomic E-state index is 10.7. The van der Waals surface area contributed by atoms with Crippen LogP contribution in [0.2, 0.25) is 0 Å². The first kappa shape index (κ1) is 9.20. The summed E-state index contributed by atoms with van der Waals surface area (Å²) in [7, 11) is 0. The molecule has 1 aromatic carbocycles. The van der Waals surface area contributed by atoms with Gasteiger partial charge in [-0.25, -0.2) is 9.95 Å². The molecule has 0 atom stereocenters.